The van der Waals surface area contributed by atoms with Crippen molar-refractivity contribution in [3.63, 3.8) is 0 Å². The van der Waals surface area contributed by atoms with E-state index in [1.54, 1.807) is 0 Å². The van der Waals surface area contributed by atoms with Crippen LogP contribution >= 0.6 is 0 Å². The number of anilines is 1. The third-order valence-electron chi connectivity index (χ3n) is 0.789. The van der Waals surface area contributed by atoms with Crippen LogP contribution in [0.1, 0.15) is 0 Å². The van der Waals surface area contributed by atoms with Crippen molar-refractivity contribution >= 4 is 21.4 Å². The molecule has 9 heavy (non-hydrogen) atoms. The number of nitrogens with one attached hydrogen (secondary N) is 1. The van der Waals surface area contributed by atoms with E-state index >= 15 is 0 Å². The van der Waals surface area contributed by atoms with Crippen LogP contribution in [0.5, 0.6) is 0 Å². The van der Waals surface area contributed by atoms with Crippen LogP contribution in [-0.2, 0) is 0 Å². The van der Waals surface area contributed by atoms with E-state index in [1.165, 1.54) is 0 Å². The molecule has 0 aromatic carbocycles. The fourth-order valence-electron chi connectivity index (χ4n) is 0.394. The third-order valence-corrected chi connectivity index (χ3v) is 1.23. The predicted octanol–water partition coefficient (Wildman–Crippen LogP) is -0.169. The van der Waals surface area contributed by atoms with Crippen molar-refractivity contribution in [1.82, 2.24) is 9.97 Å². The number of hydrogen-bond donors (Lipinski definition) is 2. The molecular formula is C4H4FN3Se. The van der Waals surface area contributed by atoms with Crippen molar-refractivity contribution < 1.29 is 4.39 Å². The van der Waals surface area contributed by atoms with E-state index in [-0.39, 0.29) is 5.82 Å². The number of nitrogen functional groups attached to an aromatic ring is 1. The SMILES string of the molecule is Nc1nc(=[Se])[nH]cc1F. The molecule has 0 amide bonds. The minimum atomic E-state index is -0.533. The van der Waals surface area contributed by atoms with Gasteiger partial charge in [-0.05, 0) is 0 Å². The second-order valence-corrected chi connectivity index (χ2v) is 2.25. The van der Waals surface area contributed by atoms with Crippen LogP contribution in [0.2, 0.25) is 0 Å². The molecule has 3 nitrogen and oxygen atoms in total. The Bertz CT molecular complexity index is 269. The first kappa shape index (κ1) is 6.45. The van der Waals surface area contributed by atoms with Gasteiger partial charge in [-0.25, -0.2) is 0 Å². The Morgan fingerprint density at radius 1 is 1.78 bits per heavy atom. The van der Waals surface area contributed by atoms with E-state index in [2.05, 4.69) is 25.5 Å². The number of nitrogens with two attached hydrogens (primary N) is 1. The van der Waals surface area contributed by atoms with Crippen LogP contribution in [0.4, 0.5) is 10.2 Å². The molecule has 0 radical (unpaired) electrons. The zero-order valence-corrected chi connectivity index (χ0v) is 6.10. The molecule has 0 bridgehead atoms. The fraction of sp³-hybridized carbons (Fsp3) is 0. The number of halogens is 1. The number of aromatic amines is 1. The number of nitrogens with zero attached hydrogens (tertiary/aromatic N) is 1. The Hall–Kier alpha value is -0.671. The summed E-state index contributed by atoms with van der Waals surface area (Å²) in [4.78, 5) is 6.08. The van der Waals surface area contributed by atoms with Crippen LogP contribution in [0.3, 0.4) is 0 Å². The van der Waals surface area contributed by atoms with Crippen molar-refractivity contribution in [2.24, 2.45) is 0 Å². The van der Waals surface area contributed by atoms with E-state index in [0.717, 1.165) is 6.20 Å². The summed E-state index contributed by atoms with van der Waals surface area (Å²) in [5.74, 6) is -0.628. The second-order valence-electron chi connectivity index (χ2n) is 1.44. The zero-order chi connectivity index (χ0) is 6.85. The molecule has 0 aliphatic carbocycles. The molecule has 1 aromatic heterocycles. The Morgan fingerprint density at radius 2 is 2.44 bits per heavy atom. The molecule has 0 fully saturated rings. The predicted molar refractivity (Wildman–Crippen MR) is 32.0 cm³/mol. The molecule has 0 aliphatic heterocycles. The first-order chi connectivity index (χ1) is 4.20. The summed E-state index contributed by atoms with van der Waals surface area (Å²) in [5.41, 5.74) is 5.09. The van der Waals surface area contributed by atoms with Crippen LogP contribution in [0, 0.1) is 10.1 Å². The van der Waals surface area contributed by atoms with Gasteiger partial charge in [0.15, 0.2) is 0 Å². The average Bonchev–Trinajstić information content (AvgIpc) is 1.80. The minimum absolute atomic E-state index is 0.0949. The van der Waals surface area contributed by atoms with E-state index in [0.29, 0.717) is 4.32 Å². The van der Waals surface area contributed by atoms with Crippen LogP contribution in [0.15, 0.2) is 6.20 Å². The first-order valence-corrected chi connectivity index (χ1v) is 3.06. The van der Waals surface area contributed by atoms with E-state index in [9.17, 15) is 4.39 Å². The van der Waals surface area contributed by atoms with Crippen molar-refractivity contribution in [3.8, 4) is 0 Å². The van der Waals surface area contributed by atoms with Gasteiger partial charge in [0.05, 0.1) is 0 Å². The summed E-state index contributed by atoms with van der Waals surface area (Å²) in [7, 11) is 0. The summed E-state index contributed by atoms with van der Waals surface area (Å²) in [6, 6.07) is 0. The van der Waals surface area contributed by atoms with Crippen LogP contribution in [0.25, 0.3) is 0 Å². The Kier molecular flexibility index (Phi) is 1.64. The molecule has 3 N–H and O–H groups in total. The van der Waals surface area contributed by atoms with Crippen LogP contribution in [-0.4, -0.2) is 25.5 Å². The maximum atomic E-state index is 12.3. The fourth-order valence-corrected chi connectivity index (χ4v) is 0.724. The summed E-state index contributed by atoms with van der Waals surface area (Å²) < 4.78 is 12.7. The van der Waals surface area contributed by atoms with Crippen molar-refractivity contribution in [1.29, 1.82) is 0 Å². The van der Waals surface area contributed by atoms with Crippen molar-refractivity contribution in [2.75, 3.05) is 5.73 Å². The first-order valence-electron chi connectivity index (χ1n) is 2.21. The molecule has 48 valence electrons. The van der Waals surface area contributed by atoms with Gasteiger partial charge in [-0.2, -0.15) is 0 Å². The van der Waals surface area contributed by atoms with Gasteiger partial charge in [0.2, 0.25) is 0 Å². The molecule has 0 spiro atoms. The van der Waals surface area contributed by atoms with Crippen molar-refractivity contribution in [3.05, 3.63) is 16.3 Å². The Labute approximate surface area is 58.5 Å². The summed E-state index contributed by atoms with van der Waals surface area (Å²) in [6.07, 6.45) is 1.15. The van der Waals surface area contributed by atoms with Gasteiger partial charge in [0.25, 0.3) is 0 Å². The topological polar surface area (TPSA) is 54.7 Å². The average molecular weight is 192 g/mol. The number of hydrogen-bond acceptors (Lipinski definition) is 2. The standard InChI is InChI=1S/C4H4FN3Se/c5-2-1-7-4(9)8-3(2)6/h1H,(H3,6,7,8,9). The monoisotopic (exact) mass is 193 g/mol. The quantitative estimate of drug-likeness (QED) is 0.561. The van der Waals surface area contributed by atoms with E-state index in [1.807, 2.05) is 0 Å². The van der Waals surface area contributed by atoms with Gasteiger partial charge in [0, 0.05) is 0 Å². The molecule has 0 saturated carbocycles. The van der Waals surface area contributed by atoms with Crippen LogP contribution < -0.4 is 5.73 Å². The van der Waals surface area contributed by atoms with Gasteiger partial charge in [-0.15, -0.1) is 0 Å². The molecule has 1 aromatic rings. The van der Waals surface area contributed by atoms with E-state index in [4.69, 9.17) is 5.73 Å². The summed E-state index contributed by atoms with van der Waals surface area (Å²) in [6.45, 7) is 0. The Balaban J connectivity index is 3.34. The summed E-state index contributed by atoms with van der Waals surface area (Å²) >= 11 is 2.56. The third kappa shape index (κ3) is 1.37. The molecule has 1 heterocycles. The number of H-pyrrole nitrogens is 1. The Morgan fingerprint density at radius 3 is 2.89 bits per heavy atom. The summed E-state index contributed by atoms with van der Waals surface area (Å²) in [5, 5.41) is 0. The van der Waals surface area contributed by atoms with Gasteiger partial charge < -0.3 is 0 Å². The molecule has 0 atom stereocenters. The molecule has 0 aliphatic rings. The normalized spacial score (nSPS) is 9.44. The van der Waals surface area contributed by atoms with Gasteiger partial charge >= 0.3 is 57.8 Å². The van der Waals surface area contributed by atoms with Gasteiger partial charge in [-0.1, -0.05) is 0 Å². The molecular weight excluding hydrogens is 188 g/mol. The molecule has 0 saturated heterocycles. The number of rotatable bonds is 0. The molecule has 5 heteroatoms. The van der Waals surface area contributed by atoms with Gasteiger partial charge in [0.1, 0.15) is 0 Å². The zero-order valence-electron chi connectivity index (χ0n) is 4.39. The van der Waals surface area contributed by atoms with Crippen molar-refractivity contribution in [2.45, 2.75) is 0 Å². The molecule has 0 unspecified atom stereocenters. The van der Waals surface area contributed by atoms with E-state index < -0.39 is 5.82 Å². The second kappa shape index (κ2) is 2.29. The number of aromatic nitrogens is 2. The molecule has 1 rings (SSSR count). The maximum absolute atomic E-state index is 12.3. The van der Waals surface area contributed by atoms with Gasteiger partial charge in [-0.3, -0.25) is 0 Å².